The number of sulfone groups is 1. The lowest BCUT2D eigenvalue weighted by Gasteiger charge is -2.19. The van der Waals surface area contributed by atoms with Crippen LogP contribution in [0.3, 0.4) is 0 Å². The molecule has 9 heteroatoms. The first kappa shape index (κ1) is 22.0. The highest BCUT2D eigenvalue weighted by Gasteiger charge is 2.23. The SMILES string of the molecule is CCOc1cccc2sc(N(Cc3ccco3)C(=O)Cc3ccc(S(C)(=O)=O)cc3)nc12. The van der Waals surface area contributed by atoms with Crippen LogP contribution in [-0.4, -0.2) is 32.2 Å². The molecule has 0 saturated heterocycles. The largest absolute Gasteiger partial charge is 0.492 e. The maximum atomic E-state index is 13.3. The first-order chi connectivity index (χ1) is 15.3. The number of carbonyl (C=O) groups excluding carboxylic acids is 1. The van der Waals surface area contributed by atoms with Crippen LogP contribution < -0.4 is 9.64 Å². The highest BCUT2D eigenvalue weighted by atomic mass is 32.2. The second-order valence-corrected chi connectivity index (χ2v) is 10.2. The van der Waals surface area contributed by atoms with Crippen molar-refractivity contribution in [2.75, 3.05) is 17.8 Å². The van der Waals surface area contributed by atoms with E-state index in [1.165, 1.54) is 23.5 Å². The van der Waals surface area contributed by atoms with Gasteiger partial charge in [-0.05, 0) is 48.9 Å². The Kier molecular flexibility index (Phi) is 6.29. The molecule has 0 aliphatic rings. The summed E-state index contributed by atoms with van der Waals surface area (Å²) >= 11 is 1.40. The molecule has 0 aliphatic carbocycles. The van der Waals surface area contributed by atoms with E-state index in [-0.39, 0.29) is 23.8 Å². The number of benzene rings is 2. The van der Waals surface area contributed by atoms with Crippen LogP contribution in [-0.2, 0) is 27.6 Å². The fourth-order valence-electron chi connectivity index (χ4n) is 3.24. The minimum Gasteiger partial charge on any atom is -0.492 e. The molecular formula is C23H22N2O5S2. The molecule has 0 fully saturated rings. The number of amides is 1. The van der Waals surface area contributed by atoms with E-state index >= 15 is 0 Å². The minimum atomic E-state index is -3.29. The van der Waals surface area contributed by atoms with Crippen molar-refractivity contribution in [2.45, 2.75) is 24.8 Å². The number of furan rings is 1. The van der Waals surface area contributed by atoms with Gasteiger partial charge in [-0.1, -0.05) is 29.5 Å². The number of fused-ring (bicyclic) bond motifs is 1. The molecule has 2 heterocycles. The summed E-state index contributed by atoms with van der Waals surface area (Å²) in [7, 11) is -3.29. The molecule has 166 valence electrons. The number of ether oxygens (including phenoxy) is 1. The van der Waals surface area contributed by atoms with Gasteiger partial charge in [-0.2, -0.15) is 0 Å². The van der Waals surface area contributed by atoms with Crippen LogP contribution >= 0.6 is 11.3 Å². The van der Waals surface area contributed by atoms with E-state index in [2.05, 4.69) is 0 Å². The summed E-state index contributed by atoms with van der Waals surface area (Å²) in [5.41, 5.74) is 1.42. The molecule has 4 rings (SSSR count). The smallest absolute Gasteiger partial charge is 0.233 e. The quantitative estimate of drug-likeness (QED) is 0.378. The standard InChI is InChI=1S/C23H22N2O5S2/c1-3-29-19-7-4-8-20-22(19)24-23(31-20)25(15-17-6-5-13-30-17)21(26)14-16-9-11-18(12-10-16)32(2,27)28/h4-13H,3,14-15H2,1-2H3. The molecule has 2 aromatic heterocycles. The van der Waals surface area contributed by atoms with Crippen LogP contribution in [0, 0.1) is 0 Å². The summed E-state index contributed by atoms with van der Waals surface area (Å²) in [5, 5.41) is 0.543. The number of thiazole rings is 1. The summed E-state index contributed by atoms with van der Waals surface area (Å²) in [6.45, 7) is 2.66. The molecule has 0 N–H and O–H groups in total. The molecule has 4 aromatic rings. The average molecular weight is 471 g/mol. The van der Waals surface area contributed by atoms with E-state index in [9.17, 15) is 13.2 Å². The normalized spacial score (nSPS) is 11.6. The molecule has 0 radical (unpaired) electrons. The lowest BCUT2D eigenvalue weighted by molar-refractivity contribution is -0.118. The van der Waals surface area contributed by atoms with Crippen molar-refractivity contribution in [1.82, 2.24) is 4.98 Å². The van der Waals surface area contributed by atoms with Crippen LogP contribution in [0.1, 0.15) is 18.2 Å². The maximum Gasteiger partial charge on any atom is 0.233 e. The van der Waals surface area contributed by atoms with E-state index < -0.39 is 9.84 Å². The zero-order valence-corrected chi connectivity index (χ0v) is 19.3. The Morgan fingerprint density at radius 2 is 1.91 bits per heavy atom. The Hall–Kier alpha value is -3.17. The number of hydrogen-bond acceptors (Lipinski definition) is 7. The fourth-order valence-corrected chi connectivity index (χ4v) is 4.87. The zero-order chi connectivity index (χ0) is 22.7. The van der Waals surface area contributed by atoms with Crippen LogP contribution in [0.5, 0.6) is 5.75 Å². The summed E-state index contributed by atoms with van der Waals surface area (Å²) < 4.78 is 35.5. The van der Waals surface area contributed by atoms with E-state index in [4.69, 9.17) is 14.1 Å². The van der Waals surface area contributed by atoms with Gasteiger partial charge < -0.3 is 9.15 Å². The zero-order valence-electron chi connectivity index (χ0n) is 17.6. The lowest BCUT2D eigenvalue weighted by atomic mass is 10.1. The predicted octanol–water partition coefficient (Wildman–Crippen LogP) is 4.47. The number of anilines is 1. The number of hydrogen-bond donors (Lipinski definition) is 0. The van der Waals surface area contributed by atoms with Gasteiger partial charge in [0.15, 0.2) is 15.0 Å². The van der Waals surface area contributed by atoms with E-state index in [0.29, 0.717) is 34.3 Å². The van der Waals surface area contributed by atoms with Gasteiger partial charge in [0.05, 0.1) is 35.4 Å². The van der Waals surface area contributed by atoms with Gasteiger partial charge in [0.1, 0.15) is 17.0 Å². The fraction of sp³-hybridized carbons (Fsp3) is 0.217. The summed E-state index contributed by atoms with van der Waals surface area (Å²) in [6, 6.07) is 15.6. The van der Waals surface area contributed by atoms with Crippen LogP contribution in [0.4, 0.5) is 5.13 Å². The van der Waals surface area contributed by atoms with Gasteiger partial charge in [-0.3, -0.25) is 9.69 Å². The molecule has 7 nitrogen and oxygen atoms in total. The van der Waals surface area contributed by atoms with Gasteiger partial charge in [0.25, 0.3) is 0 Å². The first-order valence-electron chi connectivity index (χ1n) is 9.99. The molecule has 0 atom stereocenters. The monoisotopic (exact) mass is 470 g/mol. The van der Waals surface area contributed by atoms with Crippen molar-refractivity contribution in [3.05, 3.63) is 72.2 Å². The number of nitrogens with zero attached hydrogens (tertiary/aromatic N) is 2. The number of aromatic nitrogens is 1. The molecule has 0 unspecified atom stereocenters. The number of para-hydroxylation sites is 1. The van der Waals surface area contributed by atoms with Crippen LogP contribution in [0.15, 0.2) is 70.2 Å². The topological polar surface area (TPSA) is 89.7 Å². The van der Waals surface area contributed by atoms with Gasteiger partial charge in [-0.15, -0.1) is 0 Å². The average Bonchev–Trinajstić information content (AvgIpc) is 3.42. The second kappa shape index (κ2) is 9.13. The predicted molar refractivity (Wildman–Crippen MR) is 124 cm³/mol. The highest BCUT2D eigenvalue weighted by molar-refractivity contribution is 7.90. The molecule has 0 spiro atoms. The third-order valence-electron chi connectivity index (χ3n) is 4.80. The van der Waals surface area contributed by atoms with E-state index in [0.717, 1.165) is 11.0 Å². The Balaban J connectivity index is 1.65. The second-order valence-electron chi connectivity index (χ2n) is 7.18. The molecule has 32 heavy (non-hydrogen) atoms. The van der Waals surface area contributed by atoms with Gasteiger partial charge in [-0.25, -0.2) is 13.4 Å². The summed E-state index contributed by atoms with van der Waals surface area (Å²) in [5.74, 6) is 1.13. The van der Waals surface area contributed by atoms with Gasteiger partial charge >= 0.3 is 0 Å². The van der Waals surface area contributed by atoms with Crippen molar-refractivity contribution >= 4 is 42.4 Å². The van der Waals surface area contributed by atoms with E-state index in [1.54, 1.807) is 35.4 Å². The molecule has 0 bridgehead atoms. The Morgan fingerprint density at radius 1 is 1.12 bits per heavy atom. The highest BCUT2D eigenvalue weighted by Crippen LogP contribution is 2.35. The Bertz CT molecular complexity index is 1330. The maximum absolute atomic E-state index is 13.3. The van der Waals surface area contributed by atoms with Crippen molar-refractivity contribution in [1.29, 1.82) is 0 Å². The van der Waals surface area contributed by atoms with Crippen LogP contribution in [0.2, 0.25) is 0 Å². The lowest BCUT2D eigenvalue weighted by Crippen LogP contribution is -2.31. The van der Waals surface area contributed by atoms with E-state index in [1.807, 2.05) is 25.1 Å². The van der Waals surface area contributed by atoms with Crippen molar-refractivity contribution < 1.29 is 22.4 Å². The molecule has 1 amide bonds. The van der Waals surface area contributed by atoms with Gasteiger partial charge in [0, 0.05) is 6.26 Å². The molecular weight excluding hydrogens is 448 g/mol. The molecule has 0 saturated carbocycles. The summed E-state index contributed by atoms with van der Waals surface area (Å²) in [6.07, 6.45) is 2.81. The first-order valence-corrected chi connectivity index (χ1v) is 12.7. The Labute approximate surface area is 190 Å². The third-order valence-corrected chi connectivity index (χ3v) is 6.98. The van der Waals surface area contributed by atoms with Crippen molar-refractivity contribution in [3.63, 3.8) is 0 Å². The Morgan fingerprint density at radius 3 is 2.56 bits per heavy atom. The summed E-state index contributed by atoms with van der Waals surface area (Å²) in [4.78, 5) is 19.8. The molecule has 0 aliphatic heterocycles. The third kappa shape index (κ3) is 4.84. The van der Waals surface area contributed by atoms with Crippen molar-refractivity contribution in [3.8, 4) is 5.75 Å². The number of carbonyl (C=O) groups is 1. The van der Waals surface area contributed by atoms with Crippen molar-refractivity contribution in [2.24, 2.45) is 0 Å². The van der Waals surface area contributed by atoms with Gasteiger partial charge in [0.2, 0.25) is 5.91 Å². The minimum absolute atomic E-state index is 0.0962. The van der Waals surface area contributed by atoms with Crippen LogP contribution in [0.25, 0.3) is 10.2 Å². The number of rotatable bonds is 8. The molecule has 2 aromatic carbocycles.